The Hall–Kier alpha value is -1.17. The number of ether oxygens (including phenoxy) is 1. The fraction of sp³-hybridized carbons (Fsp3) is 0.500. The lowest BCUT2D eigenvalue weighted by Gasteiger charge is -2.18. The number of hydrogen-bond acceptors (Lipinski definition) is 2. The predicted molar refractivity (Wildman–Crippen MR) is 76.7 cm³/mol. The van der Waals surface area contributed by atoms with E-state index in [1.54, 1.807) is 12.1 Å². The molecule has 0 saturated carbocycles. The summed E-state index contributed by atoms with van der Waals surface area (Å²) in [4.78, 5) is 11.7. The monoisotopic (exact) mass is 349 g/mol. The van der Waals surface area contributed by atoms with Crippen molar-refractivity contribution in [2.45, 2.75) is 40.3 Å². The highest BCUT2D eigenvalue weighted by Crippen LogP contribution is 2.25. The van der Waals surface area contributed by atoms with Crippen LogP contribution in [-0.2, 0) is 11.3 Å². The molecule has 6 heteroatoms. The van der Waals surface area contributed by atoms with Crippen LogP contribution in [-0.4, -0.2) is 12.5 Å². The topological polar surface area (TPSA) is 38.3 Å². The van der Waals surface area contributed by atoms with Crippen LogP contribution in [0.1, 0.15) is 32.8 Å². The van der Waals surface area contributed by atoms with E-state index in [4.69, 9.17) is 0 Å². The van der Waals surface area contributed by atoms with E-state index in [-0.39, 0.29) is 23.6 Å². The summed E-state index contributed by atoms with van der Waals surface area (Å²) in [6.45, 7) is 3.13. The van der Waals surface area contributed by atoms with Gasteiger partial charge in [-0.05, 0) is 23.6 Å². The van der Waals surface area contributed by atoms with E-state index in [1.165, 1.54) is 6.07 Å². The van der Waals surface area contributed by atoms with Gasteiger partial charge in [0.25, 0.3) is 0 Å². The number of nitrogens with one attached hydrogen (secondary N) is 1. The maximum atomic E-state index is 12.3. The molecule has 20 heavy (non-hydrogen) atoms. The zero-order valence-electron chi connectivity index (χ0n) is 11.7. The molecule has 0 aliphatic rings. The second-order valence-electron chi connectivity index (χ2n) is 5.64. The van der Waals surface area contributed by atoms with Gasteiger partial charge in [0.05, 0.1) is 0 Å². The lowest BCUT2D eigenvalue weighted by molar-refractivity contribution is -0.122. The lowest BCUT2D eigenvalue weighted by atomic mass is 9.92. The van der Waals surface area contributed by atoms with Crippen LogP contribution in [0.25, 0.3) is 0 Å². The van der Waals surface area contributed by atoms with Gasteiger partial charge in [-0.2, -0.15) is 8.78 Å². The molecule has 0 fully saturated rings. The van der Waals surface area contributed by atoms with E-state index in [1.807, 2.05) is 20.8 Å². The number of benzene rings is 1. The van der Waals surface area contributed by atoms with Crippen molar-refractivity contribution < 1.29 is 18.3 Å². The number of carbonyl (C=O) groups is 1. The summed E-state index contributed by atoms with van der Waals surface area (Å²) in [5, 5.41) is 2.71. The van der Waals surface area contributed by atoms with Crippen molar-refractivity contribution in [1.82, 2.24) is 5.32 Å². The molecule has 0 aromatic heterocycles. The Morgan fingerprint density at radius 1 is 1.40 bits per heavy atom. The van der Waals surface area contributed by atoms with E-state index in [0.29, 0.717) is 12.0 Å². The van der Waals surface area contributed by atoms with Crippen LogP contribution in [0.5, 0.6) is 5.75 Å². The van der Waals surface area contributed by atoms with E-state index in [0.717, 1.165) is 4.47 Å². The number of amides is 1. The SMILES string of the molecule is CC(C)(C)CC(=O)NCc1cc(Br)ccc1OC(F)F. The Morgan fingerprint density at radius 3 is 2.60 bits per heavy atom. The molecule has 0 heterocycles. The number of halogens is 3. The molecule has 0 aliphatic carbocycles. The lowest BCUT2D eigenvalue weighted by Crippen LogP contribution is -2.27. The molecule has 1 rings (SSSR count). The van der Waals surface area contributed by atoms with E-state index >= 15 is 0 Å². The Morgan fingerprint density at radius 2 is 2.05 bits per heavy atom. The standard InChI is InChI=1S/C14H18BrF2NO2/c1-14(2,3)7-12(19)18-8-9-6-10(15)4-5-11(9)20-13(16)17/h4-6,13H,7-8H2,1-3H3,(H,18,19). The van der Waals surface area contributed by atoms with Gasteiger partial charge in [0.1, 0.15) is 5.75 Å². The number of hydrogen-bond donors (Lipinski definition) is 1. The van der Waals surface area contributed by atoms with E-state index in [9.17, 15) is 13.6 Å². The molecule has 3 nitrogen and oxygen atoms in total. The number of carbonyl (C=O) groups excluding carboxylic acids is 1. The third kappa shape index (κ3) is 6.32. The predicted octanol–water partition coefficient (Wildman–Crippen LogP) is 4.10. The van der Waals surface area contributed by atoms with Gasteiger partial charge in [-0.3, -0.25) is 4.79 Å². The molecule has 0 aliphatic heterocycles. The molecule has 0 spiro atoms. The smallest absolute Gasteiger partial charge is 0.387 e. The van der Waals surface area contributed by atoms with Crippen LogP contribution < -0.4 is 10.1 Å². The van der Waals surface area contributed by atoms with Crippen molar-refractivity contribution in [1.29, 1.82) is 0 Å². The normalized spacial score (nSPS) is 11.6. The first-order chi connectivity index (χ1) is 9.17. The van der Waals surface area contributed by atoms with Crippen LogP contribution in [0.3, 0.4) is 0 Å². The van der Waals surface area contributed by atoms with Crippen LogP contribution in [0, 0.1) is 5.41 Å². The Labute approximate surface area is 125 Å². The van der Waals surface area contributed by atoms with Crippen molar-refractivity contribution in [2.24, 2.45) is 5.41 Å². The van der Waals surface area contributed by atoms with Crippen molar-refractivity contribution in [2.75, 3.05) is 0 Å². The molecule has 1 amide bonds. The second-order valence-corrected chi connectivity index (χ2v) is 6.56. The minimum Gasteiger partial charge on any atom is -0.434 e. The first kappa shape index (κ1) is 16.9. The van der Waals surface area contributed by atoms with Crippen LogP contribution >= 0.6 is 15.9 Å². The van der Waals surface area contributed by atoms with Crippen LogP contribution in [0.2, 0.25) is 0 Å². The first-order valence-corrected chi connectivity index (χ1v) is 6.96. The zero-order valence-corrected chi connectivity index (χ0v) is 13.3. The molecule has 0 unspecified atom stereocenters. The summed E-state index contributed by atoms with van der Waals surface area (Å²) >= 11 is 3.26. The molecule has 0 atom stereocenters. The summed E-state index contributed by atoms with van der Waals surface area (Å²) in [5.74, 6) is -0.0558. The van der Waals surface area contributed by atoms with Gasteiger partial charge in [-0.25, -0.2) is 0 Å². The molecular weight excluding hydrogens is 332 g/mol. The highest BCUT2D eigenvalue weighted by molar-refractivity contribution is 9.10. The molecule has 1 N–H and O–H groups in total. The first-order valence-electron chi connectivity index (χ1n) is 6.17. The maximum absolute atomic E-state index is 12.3. The Balaban J connectivity index is 2.71. The van der Waals surface area contributed by atoms with Gasteiger partial charge >= 0.3 is 6.61 Å². The second kappa shape index (κ2) is 7.02. The third-order valence-corrected chi connectivity index (χ3v) is 2.90. The molecular formula is C14H18BrF2NO2. The van der Waals surface area contributed by atoms with Gasteiger partial charge in [0.15, 0.2) is 0 Å². The largest absolute Gasteiger partial charge is 0.434 e. The molecule has 0 radical (unpaired) electrons. The van der Waals surface area contributed by atoms with Gasteiger partial charge in [0, 0.05) is 23.0 Å². The van der Waals surface area contributed by atoms with Gasteiger partial charge in [0.2, 0.25) is 5.91 Å². The number of alkyl halides is 2. The molecule has 0 saturated heterocycles. The third-order valence-electron chi connectivity index (χ3n) is 2.41. The Kier molecular flexibility index (Phi) is 5.92. The average Bonchev–Trinajstić information content (AvgIpc) is 2.26. The highest BCUT2D eigenvalue weighted by Gasteiger charge is 2.16. The maximum Gasteiger partial charge on any atom is 0.387 e. The van der Waals surface area contributed by atoms with Gasteiger partial charge in [-0.15, -0.1) is 0 Å². The summed E-state index contributed by atoms with van der Waals surface area (Å²) in [6.07, 6.45) is 0.367. The summed E-state index contributed by atoms with van der Waals surface area (Å²) in [5.41, 5.74) is 0.380. The molecule has 0 bridgehead atoms. The quantitative estimate of drug-likeness (QED) is 0.868. The minimum absolute atomic E-state index is 0.0688. The van der Waals surface area contributed by atoms with Crippen molar-refractivity contribution >= 4 is 21.8 Å². The van der Waals surface area contributed by atoms with Crippen LogP contribution in [0.4, 0.5) is 8.78 Å². The fourth-order valence-corrected chi connectivity index (χ4v) is 2.04. The highest BCUT2D eigenvalue weighted by atomic mass is 79.9. The molecule has 1 aromatic carbocycles. The summed E-state index contributed by atoms with van der Waals surface area (Å²) in [7, 11) is 0. The average molecular weight is 350 g/mol. The molecule has 1 aromatic rings. The zero-order chi connectivity index (χ0) is 15.3. The van der Waals surface area contributed by atoms with Gasteiger partial charge < -0.3 is 10.1 Å². The Bertz CT molecular complexity index is 473. The van der Waals surface area contributed by atoms with Crippen molar-refractivity contribution in [3.63, 3.8) is 0 Å². The molecule has 112 valence electrons. The van der Waals surface area contributed by atoms with E-state index < -0.39 is 6.61 Å². The summed E-state index contributed by atoms with van der Waals surface area (Å²) in [6, 6.07) is 4.70. The van der Waals surface area contributed by atoms with Crippen LogP contribution in [0.15, 0.2) is 22.7 Å². The van der Waals surface area contributed by atoms with Crippen molar-refractivity contribution in [3.8, 4) is 5.75 Å². The van der Waals surface area contributed by atoms with E-state index in [2.05, 4.69) is 26.0 Å². The van der Waals surface area contributed by atoms with Gasteiger partial charge in [-0.1, -0.05) is 36.7 Å². The van der Waals surface area contributed by atoms with Crippen molar-refractivity contribution in [3.05, 3.63) is 28.2 Å². The fourth-order valence-electron chi connectivity index (χ4n) is 1.64. The minimum atomic E-state index is -2.89. The summed E-state index contributed by atoms with van der Waals surface area (Å²) < 4.78 is 29.8. The number of rotatable bonds is 5.